The SMILES string of the molecule is O=C(O)[C@H]1CCCN1C(=O)c1sccc1Br. The molecule has 4 nitrogen and oxygen atoms in total. The van der Waals surface area contributed by atoms with E-state index in [-0.39, 0.29) is 5.91 Å². The highest BCUT2D eigenvalue weighted by atomic mass is 79.9. The maximum atomic E-state index is 12.1. The van der Waals surface area contributed by atoms with Gasteiger partial charge >= 0.3 is 5.97 Å². The minimum Gasteiger partial charge on any atom is -0.480 e. The van der Waals surface area contributed by atoms with Crippen LogP contribution in [0.25, 0.3) is 0 Å². The van der Waals surface area contributed by atoms with E-state index in [1.165, 1.54) is 16.2 Å². The van der Waals surface area contributed by atoms with Gasteiger partial charge in [-0.15, -0.1) is 11.3 Å². The second kappa shape index (κ2) is 4.55. The van der Waals surface area contributed by atoms with Crippen LogP contribution < -0.4 is 0 Å². The number of nitrogens with zero attached hydrogens (tertiary/aromatic N) is 1. The van der Waals surface area contributed by atoms with E-state index < -0.39 is 12.0 Å². The Morgan fingerprint density at radius 1 is 1.56 bits per heavy atom. The lowest BCUT2D eigenvalue weighted by molar-refractivity contribution is -0.141. The quantitative estimate of drug-likeness (QED) is 0.911. The summed E-state index contributed by atoms with van der Waals surface area (Å²) in [6.07, 6.45) is 1.30. The molecular weight excluding hydrogens is 294 g/mol. The van der Waals surface area contributed by atoms with Crippen molar-refractivity contribution in [3.63, 3.8) is 0 Å². The molecule has 0 unspecified atom stereocenters. The number of hydrogen-bond acceptors (Lipinski definition) is 3. The van der Waals surface area contributed by atoms with Gasteiger partial charge in [0.15, 0.2) is 0 Å². The lowest BCUT2D eigenvalue weighted by Crippen LogP contribution is -2.40. The molecule has 1 fully saturated rings. The molecule has 0 radical (unpaired) electrons. The van der Waals surface area contributed by atoms with Gasteiger partial charge in [0.25, 0.3) is 5.91 Å². The van der Waals surface area contributed by atoms with Crippen LogP contribution in [0, 0.1) is 0 Å². The van der Waals surface area contributed by atoms with Crippen molar-refractivity contribution >= 4 is 39.1 Å². The van der Waals surface area contributed by atoms with Crippen LogP contribution in [0.2, 0.25) is 0 Å². The lowest BCUT2D eigenvalue weighted by Gasteiger charge is -2.20. The normalized spacial score (nSPS) is 20.1. The third-order valence-electron chi connectivity index (χ3n) is 2.61. The maximum Gasteiger partial charge on any atom is 0.326 e. The molecule has 2 rings (SSSR count). The van der Waals surface area contributed by atoms with Gasteiger partial charge in [-0.2, -0.15) is 0 Å². The van der Waals surface area contributed by atoms with Crippen molar-refractivity contribution in [2.24, 2.45) is 0 Å². The fourth-order valence-corrected chi connectivity index (χ4v) is 3.34. The largest absolute Gasteiger partial charge is 0.480 e. The standard InChI is InChI=1S/C10H10BrNO3S/c11-6-3-5-16-8(6)9(13)12-4-1-2-7(12)10(14)15/h3,5,7H,1-2,4H2,(H,14,15)/t7-/m1/s1. The van der Waals surface area contributed by atoms with Crippen molar-refractivity contribution in [1.29, 1.82) is 0 Å². The number of carbonyl (C=O) groups is 2. The number of rotatable bonds is 2. The number of aliphatic carboxylic acids is 1. The van der Waals surface area contributed by atoms with Crippen molar-refractivity contribution < 1.29 is 14.7 Å². The Bertz CT molecular complexity index is 431. The Hall–Kier alpha value is -0.880. The number of thiophene rings is 1. The van der Waals surface area contributed by atoms with Gasteiger partial charge in [0.2, 0.25) is 0 Å². The Labute approximate surface area is 105 Å². The number of amides is 1. The van der Waals surface area contributed by atoms with Gasteiger partial charge in [-0.25, -0.2) is 4.79 Å². The van der Waals surface area contributed by atoms with Gasteiger partial charge in [0, 0.05) is 11.0 Å². The second-order valence-corrected chi connectivity index (χ2v) is 5.36. The molecule has 1 aliphatic heterocycles. The van der Waals surface area contributed by atoms with E-state index in [9.17, 15) is 9.59 Å². The third kappa shape index (κ3) is 1.99. The molecule has 16 heavy (non-hydrogen) atoms. The molecule has 1 atom stereocenters. The van der Waals surface area contributed by atoms with Crippen LogP contribution in [0.3, 0.4) is 0 Å². The number of likely N-dealkylation sites (tertiary alicyclic amines) is 1. The predicted molar refractivity (Wildman–Crippen MR) is 63.7 cm³/mol. The van der Waals surface area contributed by atoms with Crippen LogP contribution in [0.4, 0.5) is 0 Å². The molecule has 1 amide bonds. The molecule has 2 heterocycles. The van der Waals surface area contributed by atoms with Crippen LogP contribution in [-0.4, -0.2) is 34.5 Å². The molecule has 0 spiro atoms. The summed E-state index contributed by atoms with van der Waals surface area (Å²) >= 11 is 4.61. The predicted octanol–water partition coefficient (Wildman–Crippen LogP) is 2.20. The Morgan fingerprint density at radius 3 is 2.88 bits per heavy atom. The molecule has 1 N–H and O–H groups in total. The van der Waals surface area contributed by atoms with E-state index >= 15 is 0 Å². The summed E-state index contributed by atoms with van der Waals surface area (Å²) < 4.78 is 0.735. The molecule has 0 aliphatic carbocycles. The van der Waals surface area contributed by atoms with Gasteiger partial charge in [-0.05, 0) is 40.2 Å². The van der Waals surface area contributed by atoms with Crippen molar-refractivity contribution in [3.05, 3.63) is 20.8 Å². The van der Waals surface area contributed by atoms with Gasteiger partial charge < -0.3 is 10.0 Å². The van der Waals surface area contributed by atoms with E-state index in [1.807, 2.05) is 5.38 Å². The van der Waals surface area contributed by atoms with Crippen LogP contribution in [0.1, 0.15) is 22.5 Å². The highest BCUT2D eigenvalue weighted by Crippen LogP contribution is 2.27. The second-order valence-electron chi connectivity index (χ2n) is 3.59. The lowest BCUT2D eigenvalue weighted by atomic mass is 10.2. The molecule has 0 saturated carbocycles. The van der Waals surface area contributed by atoms with Gasteiger partial charge in [-0.3, -0.25) is 4.79 Å². The summed E-state index contributed by atoms with van der Waals surface area (Å²) in [5.74, 6) is -1.11. The first-order valence-electron chi connectivity index (χ1n) is 4.88. The minimum absolute atomic E-state index is 0.188. The number of carboxylic acids is 1. The smallest absolute Gasteiger partial charge is 0.326 e. The first-order valence-corrected chi connectivity index (χ1v) is 6.55. The molecule has 86 valence electrons. The van der Waals surface area contributed by atoms with Crippen molar-refractivity contribution in [1.82, 2.24) is 4.90 Å². The van der Waals surface area contributed by atoms with Crippen molar-refractivity contribution in [2.75, 3.05) is 6.54 Å². The van der Waals surface area contributed by atoms with Crippen LogP contribution in [-0.2, 0) is 4.79 Å². The number of halogens is 1. The Morgan fingerprint density at radius 2 is 2.31 bits per heavy atom. The molecule has 1 aromatic heterocycles. The van der Waals surface area contributed by atoms with Crippen molar-refractivity contribution in [3.8, 4) is 0 Å². The van der Waals surface area contributed by atoms with E-state index in [1.54, 1.807) is 6.07 Å². The van der Waals surface area contributed by atoms with Gasteiger partial charge in [-0.1, -0.05) is 0 Å². The molecule has 1 aromatic rings. The molecule has 6 heteroatoms. The molecule has 0 bridgehead atoms. The summed E-state index contributed by atoms with van der Waals surface area (Å²) in [6.45, 7) is 0.528. The van der Waals surface area contributed by atoms with E-state index in [4.69, 9.17) is 5.11 Å². The highest BCUT2D eigenvalue weighted by Gasteiger charge is 2.35. The fraction of sp³-hybridized carbons (Fsp3) is 0.400. The average molecular weight is 304 g/mol. The summed E-state index contributed by atoms with van der Waals surface area (Å²) in [6, 6.07) is 1.13. The van der Waals surface area contributed by atoms with Crippen LogP contribution >= 0.6 is 27.3 Å². The minimum atomic E-state index is -0.918. The molecule has 1 aliphatic rings. The number of carboxylic acid groups (broad SMARTS) is 1. The summed E-state index contributed by atoms with van der Waals surface area (Å²) in [5, 5.41) is 10.8. The zero-order valence-corrected chi connectivity index (χ0v) is 10.8. The first kappa shape index (κ1) is 11.6. The summed E-state index contributed by atoms with van der Waals surface area (Å²) in [4.78, 5) is 25.1. The fourth-order valence-electron chi connectivity index (χ4n) is 1.84. The number of carbonyl (C=O) groups excluding carboxylic acids is 1. The van der Waals surface area contributed by atoms with E-state index in [0.29, 0.717) is 17.8 Å². The Balaban J connectivity index is 2.22. The molecule has 1 saturated heterocycles. The highest BCUT2D eigenvalue weighted by molar-refractivity contribution is 9.10. The average Bonchev–Trinajstić information content (AvgIpc) is 2.84. The van der Waals surface area contributed by atoms with Gasteiger partial charge in [0.05, 0.1) is 0 Å². The van der Waals surface area contributed by atoms with Crippen molar-refractivity contribution in [2.45, 2.75) is 18.9 Å². The number of hydrogen-bond donors (Lipinski definition) is 1. The van der Waals surface area contributed by atoms with E-state index in [0.717, 1.165) is 10.9 Å². The first-order chi connectivity index (χ1) is 7.61. The third-order valence-corrected chi connectivity index (χ3v) is 4.44. The summed E-state index contributed by atoms with van der Waals surface area (Å²) in [7, 11) is 0. The zero-order valence-electron chi connectivity index (χ0n) is 8.35. The molecular formula is C10H10BrNO3S. The monoisotopic (exact) mass is 303 g/mol. The van der Waals surface area contributed by atoms with E-state index in [2.05, 4.69) is 15.9 Å². The summed E-state index contributed by atoms with van der Waals surface area (Å²) in [5.41, 5.74) is 0. The zero-order chi connectivity index (χ0) is 11.7. The van der Waals surface area contributed by atoms with Crippen LogP contribution in [0.5, 0.6) is 0 Å². The molecule has 0 aromatic carbocycles. The Kier molecular flexibility index (Phi) is 3.30. The topological polar surface area (TPSA) is 57.6 Å². The maximum absolute atomic E-state index is 12.1. The van der Waals surface area contributed by atoms with Gasteiger partial charge in [0.1, 0.15) is 10.9 Å². The van der Waals surface area contributed by atoms with Crippen LogP contribution in [0.15, 0.2) is 15.9 Å².